The molecular weight excluding hydrogens is 324 g/mol. The Labute approximate surface area is 145 Å². The summed E-state index contributed by atoms with van der Waals surface area (Å²) in [4.78, 5) is 14.8. The summed E-state index contributed by atoms with van der Waals surface area (Å²) in [6, 6.07) is 7.06. The van der Waals surface area contributed by atoms with Crippen molar-refractivity contribution < 1.29 is 13.2 Å². The third-order valence-corrected chi connectivity index (χ3v) is 6.87. The first-order valence-electron chi connectivity index (χ1n) is 8.76. The van der Waals surface area contributed by atoms with Crippen LogP contribution in [0.25, 0.3) is 0 Å². The van der Waals surface area contributed by atoms with Gasteiger partial charge >= 0.3 is 0 Å². The minimum Gasteiger partial charge on any atom is -0.341 e. The number of rotatable bonds is 5. The minimum atomic E-state index is -3.50. The van der Waals surface area contributed by atoms with Crippen molar-refractivity contribution in [3.05, 3.63) is 29.8 Å². The van der Waals surface area contributed by atoms with Gasteiger partial charge in [-0.05, 0) is 37.8 Å². The fraction of sp³-hybridized carbons (Fsp3) is 0.611. The molecule has 0 aromatic heterocycles. The van der Waals surface area contributed by atoms with Gasteiger partial charge in [0.15, 0.2) is 0 Å². The molecule has 1 aromatic carbocycles. The summed E-state index contributed by atoms with van der Waals surface area (Å²) < 4.78 is 27.3. The van der Waals surface area contributed by atoms with E-state index in [9.17, 15) is 13.2 Å². The molecule has 0 aliphatic carbocycles. The lowest BCUT2D eigenvalue weighted by atomic mass is 10.0. The molecule has 0 radical (unpaired) electrons. The summed E-state index contributed by atoms with van der Waals surface area (Å²) in [5, 5.41) is 0. The van der Waals surface area contributed by atoms with Crippen molar-refractivity contribution >= 4 is 15.9 Å². The summed E-state index contributed by atoms with van der Waals surface area (Å²) in [5.41, 5.74) is 0.756. The summed E-state index contributed by atoms with van der Waals surface area (Å²) >= 11 is 0. The third-order valence-electron chi connectivity index (χ3n) is 4.81. The Bertz CT molecular complexity index is 669. The Kier molecular flexibility index (Phi) is 6.40. The Balaban J connectivity index is 2.13. The SMILES string of the molecule is CCC(CC)C(=O)N1CCCN(S(=O)(=O)c2ccccc2C)CC1. The zero-order chi connectivity index (χ0) is 17.7. The summed E-state index contributed by atoms with van der Waals surface area (Å²) in [6.07, 6.45) is 2.34. The van der Waals surface area contributed by atoms with E-state index in [4.69, 9.17) is 0 Å². The lowest BCUT2D eigenvalue weighted by Crippen LogP contribution is -2.39. The monoisotopic (exact) mass is 352 g/mol. The van der Waals surface area contributed by atoms with Gasteiger partial charge in [0, 0.05) is 32.1 Å². The first kappa shape index (κ1) is 18.9. The molecule has 0 atom stereocenters. The van der Waals surface area contributed by atoms with Gasteiger partial charge in [-0.15, -0.1) is 0 Å². The molecule has 24 heavy (non-hydrogen) atoms. The van der Waals surface area contributed by atoms with E-state index in [2.05, 4.69) is 0 Å². The van der Waals surface area contributed by atoms with E-state index in [-0.39, 0.29) is 11.8 Å². The van der Waals surface area contributed by atoms with Crippen molar-refractivity contribution in [3.63, 3.8) is 0 Å². The van der Waals surface area contributed by atoms with Gasteiger partial charge in [-0.25, -0.2) is 8.42 Å². The zero-order valence-electron chi connectivity index (χ0n) is 14.9. The predicted molar refractivity (Wildman–Crippen MR) is 95.2 cm³/mol. The van der Waals surface area contributed by atoms with Crippen LogP contribution in [0.4, 0.5) is 0 Å². The van der Waals surface area contributed by atoms with Crippen LogP contribution in [0.1, 0.15) is 38.7 Å². The Morgan fingerprint density at radius 1 is 1.08 bits per heavy atom. The largest absolute Gasteiger partial charge is 0.341 e. The third kappa shape index (κ3) is 3.98. The summed E-state index contributed by atoms with van der Waals surface area (Å²) in [7, 11) is -3.50. The molecule has 1 aliphatic rings. The fourth-order valence-electron chi connectivity index (χ4n) is 3.24. The van der Waals surface area contributed by atoms with Gasteiger partial charge in [-0.1, -0.05) is 32.0 Å². The quantitative estimate of drug-likeness (QED) is 0.818. The first-order valence-corrected chi connectivity index (χ1v) is 10.2. The number of sulfonamides is 1. The summed E-state index contributed by atoms with van der Waals surface area (Å²) in [6.45, 7) is 7.80. The van der Waals surface area contributed by atoms with Crippen molar-refractivity contribution in [2.45, 2.75) is 44.9 Å². The highest BCUT2D eigenvalue weighted by atomic mass is 32.2. The zero-order valence-corrected chi connectivity index (χ0v) is 15.7. The average molecular weight is 353 g/mol. The molecule has 0 saturated carbocycles. The van der Waals surface area contributed by atoms with Gasteiger partial charge in [0.25, 0.3) is 0 Å². The Hall–Kier alpha value is -1.40. The molecule has 1 heterocycles. The first-order chi connectivity index (χ1) is 11.4. The fourth-order valence-corrected chi connectivity index (χ4v) is 4.93. The molecule has 1 aliphatic heterocycles. The minimum absolute atomic E-state index is 0.0459. The Morgan fingerprint density at radius 3 is 2.38 bits per heavy atom. The lowest BCUT2D eigenvalue weighted by Gasteiger charge is -2.25. The molecule has 0 N–H and O–H groups in total. The van der Waals surface area contributed by atoms with Crippen LogP contribution in [0.2, 0.25) is 0 Å². The molecule has 0 unspecified atom stereocenters. The number of nitrogens with zero attached hydrogens (tertiary/aromatic N) is 2. The predicted octanol–water partition coefficient (Wildman–Crippen LogP) is 2.65. The van der Waals surface area contributed by atoms with E-state index in [0.29, 0.717) is 37.5 Å². The smallest absolute Gasteiger partial charge is 0.243 e. The molecule has 0 spiro atoms. The number of amides is 1. The van der Waals surface area contributed by atoms with Crippen LogP contribution in [0, 0.1) is 12.8 Å². The van der Waals surface area contributed by atoms with E-state index < -0.39 is 10.0 Å². The van der Waals surface area contributed by atoms with E-state index in [1.165, 1.54) is 4.31 Å². The highest BCUT2D eigenvalue weighted by Gasteiger charge is 2.30. The second-order valence-corrected chi connectivity index (χ2v) is 8.27. The van der Waals surface area contributed by atoms with Crippen LogP contribution in [0.5, 0.6) is 0 Å². The molecule has 1 aromatic rings. The van der Waals surface area contributed by atoms with Crippen LogP contribution in [0.15, 0.2) is 29.2 Å². The molecule has 1 amide bonds. The maximum Gasteiger partial charge on any atom is 0.243 e. The molecule has 6 heteroatoms. The lowest BCUT2D eigenvalue weighted by molar-refractivity contribution is -0.135. The van der Waals surface area contributed by atoms with Crippen molar-refractivity contribution in [2.24, 2.45) is 5.92 Å². The van der Waals surface area contributed by atoms with Crippen molar-refractivity contribution in [1.29, 1.82) is 0 Å². The highest BCUT2D eigenvalue weighted by Crippen LogP contribution is 2.22. The van der Waals surface area contributed by atoms with Crippen molar-refractivity contribution in [2.75, 3.05) is 26.2 Å². The van der Waals surface area contributed by atoms with Gasteiger partial charge in [0.1, 0.15) is 0 Å². The van der Waals surface area contributed by atoms with Gasteiger partial charge in [-0.3, -0.25) is 4.79 Å². The average Bonchev–Trinajstić information content (AvgIpc) is 2.82. The van der Waals surface area contributed by atoms with Crippen LogP contribution in [-0.2, 0) is 14.8 Å². The number of hydrogen-bond donors (Lipinski definition) is 0. The van der Waals surface area contributed by atoms with Gasteiger partial charge in [0.05, 0.1) is 4.90 Å². The van der Waals surface area contributed by atoms with Crippen molar-refractivity contribution in [3.8, 4) is 0 Å². The van der Waals surface area contributed by atoms with Gasteiger partial charge < -0.3 is 4.90 Å². The van der Waals surface area contributed by atoms with E-state index in [1.54, 1.807) is 12.1 Å². The topological polar surface area (TPSA) is 57.7 Å². The second kappa shape index (κ2) is 8.12. The number of carbonyl (C=O) groups is 1. The maximum absolute atomic E-state index is 12.9. The van der Waals surface area contributed by atoms with Crippen LogP contribution in [0.3, 0.4) is 0 Å². The van der Waals surface area contributed by atoms with E-state index in [1.807, 2.05) is 37.8 Å². The highest BCUT2D eigenvalue weighted by molar-refractivity contribution is 7.89. The number of benzene rings is 1. The van der Waals surface area contributed by atoms with Crippen LogP contribution in [-0.4, -0.2) is 49.7 Å². The number of carbonyl (C=O) groups excluding carboxylic acids is 1. The van der Waals surface area contributed by atoms with Crippen LogP contribution < -0.4 is 0 Å². The van der Waals surface area contributed by atoms with Gasteiger partial charge in [-0.2, -0.15) is 4.31 Å². The molecule has 134 valence electrons. The van der Waals surface area contributed by atoms with Gasteiger partial charge in [0.2, 0.25) is 15.9 Å². The molecule has 5 nitrogen and oxygen atoms in total. The van der Waals surface area contributed by atoms with E-state index >= 15 is 0 Å². The summed E-state index contributed by atoms with van der Waals surface area (Å²) in [5.74, 6) is 0.208. The Morgan fingerprint density at radius 2 is 1.75 bits per heavy atom. The molecule has 1 saturated heterocycles. The number of aryl methyl sites for hydroxylation is 1. The maximum atomic E-state index is 12.9. The molecule has 1 fully saturated rings. The standard InChI is InChI=1S/C18H28N2O3S/c1-4-16(5-2)18(21)19-11-8-12-20(14-13-19)24(22,23)17-10-7-6-9-15(17)3/h6-7,9-10,16H,4-5,8,11-14H2,1-3H3. The van der Waals surface area contributed by atoms with E-state index in [0.717, 1.165) is 18.4 Å². The molecular formula is C18H28N2O3S. The van der Waals surface area contributed by atoms with Crippen LogP contribution >= 0.6 is 0 Å². The molecule has 0 bridgehead atoms. The number of hydrogen-bond acceptors (Lipinski definition) is 3. The normalized spacial score (nSPS) is 17.1. The second-order valence-electron chi connectivity index (χ2n) is 6.36. The van der Waals surface area contributed by atoms with Crippen molar-refractivity contribution in [1.82, 2.24) is 9.21 Å². The molecule has 2 rings (SSSR count).